The Kier molecular flexibility index (Phi) is 5.63. The summed E-state index contributed by atoms with van der Waals surface area (Å²) in [5, 5.41) is 0. The molecule has 4 heteroatoms. The third-order valence-corrected chi connectivity index (χ3v) is 3.57. The predicted octanol–water partition coefficient (Wildman–Crippen LogP) is 2.55. The van der Waals surface area contributed by atoms with Crippen LogP contribution in [0.3, 0.4) is 0 Å². The van der Waals surface area contributed by atoms with Crippen LogP contribution in [0.5, 0.6) is 5.75 Å². The largest absolute Gasteiger partial charge is 0.494 e. The molecule has 106 valence electrons. The lowest BCUT2D eigenvalue weighted by atomic mass is 9.97. The quantitative estimate of drug-likeness (QED) is 0.612. The predicted molar refractivity (Wildman–Crippen MR) is 75.9 cm³/mol. The number of hydrogen-bond acceptors (Lipinski definition) is 4. The molecule has 0 spiro atoms. The first-order valence-electron chi connectivity index (χ1n) is 7.14. The Morgan fingerprint density at radius 2 is 2.16 bits per heavy atom. The number of hydrogen-bond donors (Lipinski definition) is 2. The lowest BCUT2D eigenvalue weighted by Gasteiger charge is -2.27. The first-order valence-corrected chi connectivity index (χ1v) is 7.14. The standard InChI is InChI=1S/C15H24N2O2/c1-2-18-13-8-6-12(7-9-13)15(17-16)11-14-5-3-4-10-19-14/h6-9,14-15,17H,2-5,10-11,16H2,1H3. The summed E-state index contributed by atoms with van der Waals surface area (Å²) in [5.41, 5.74) is 4.08. The van der Waals surface area contributed by atoms with E-state index in [4.69, 9.17) is 15.3 Å². The number of ether oxygens (including phenoxy) is 2. The molecule has 1 aliphatic heterocycles. The van der Waals surface area contributed by atoms with Crippen LogP contribution < -0.4 is 16.0 Å². The highest BCUT2D eigenvalue weighted by Gasteiger charge is 2.20. The summed E-state index contributed by atoms with van der Waals surface area (Å²) in [5.74, 6) is 6.58. The average Bonchev–Trinajstić information content (AvgIpc) is 2.47. The van der Waals surface area contributed by atoms with Crippen molar-refractivity contribution >= 4 is 0 Å². The molecule has 0 saturated carbocycles. The topological polar surface area (TPSA) is 56.5 Å². The van der Waals surface area contributed by atoms with E-state index in [2.05, 4.69) is 17.6 Å². The molecule has 0 aliphatic carbocycles. The van der Waals surface area contributed by atoms with Gasteiger partial charge in [0.15, 0.2) is 0 Å². The minimum absolute atomic E-state index is 0.138. The number of rotatable bonds is 6. The maximum Gasteiger partial charge on any atom is 0.119 e. The van der Waals surface area contributed by atoms with Gasteiger partial charge in [-0.15, -0.1) is 0 Å². The average molecular weight is 264 g/mol. The summed E-state index contributed by atoms with van der Waals surface area (Å²) in [7, 11) is 0. The maximum atomic E-state index is 5.77. The van der Waals surface area contributed by atoms with Gasteiger partial charge in [-0.25, -0.2) is 0 Å². The summed E-state index contributed by atoms with van der Waals surface area (Å²) in [4.78, 5) is 0. The first kappa shape index (κ1) is 14.3. The zero-order chi connectivity index (χ0) is 13.5. The fraction of sp³-hybridized carbons (Fsp3) is 0.600. The van der Waals surface area contributed by atoms with Gasteiger partial charge in [-0.05, 0) is 50.3 Å². The highest BCUT2D eigenvalue weighted by molar-refractivity contribution is 5.29. The molecule has 19 heavy (non-hydrogen) atoms. The number of nitrogens with one attached hydrogen (secondary N) is 1. The second kappa shape index (κ2) is 7.48. The zero-order valence-corrected chi connectivity index (χ0v) is 11.6. The van der Waals surface area contributed by atoms with Crippen LogP contribution >= 0.6 is 0 Å². The Morgan fingerprint density at radius 1 is 1.37 bits per heavy atom. The van der Waals surface area contributed by atoms with E-state index >= 15 is 0 Å². The van der Waals surface area contributed by atoms with E-state index in [9.17, 15) is 0 Å². The molecule has 2 atom stereocenters. The minimum atomic E-state index is 0.138. The fourth-order valence-corrected chi connectivity index (χ4v) is 2.52. The van der Waals surface area contributed by atoms with Crippen molar-refractivity contribution in [3.05, 3.63) is 29.8 Å². The van der Waals surface area contributed by atoms with Crippen LogP contribution in [-0.2, 0) is 4.74 Å². The van der Waals surface area contributed by atoms with Gasteiger partial charge < -0.3 is 9.47 Å². The van der Waals surface area contributed by atoms with Crippen molar-refractivity contribution in [3.8, 4) is 5.75 Å². The summed E-state index contributed by atoms with van der Waals surface area (Å²) in [6.07, 6.45) is 4.81. The van der Waals surface area contributed by atoms with Gasteiger partial charge in [-0.3, -0.25) is 11.3 Å². The highest BCUT2D eigenvalue weighted by atomic mass is 16.5. The Bertz CT molecular complexity index is 361. The molecule has 1 heterocycles. The van der Waals surface area contributed by atoms with Crippen LogP contribution in [0.4, 0.5) is 0 Å². The Morgan fingerprint density at radius 3 is 2.74 bits per heavy atom. The second-order valence-corrected chi connectivity index (χ2v) is 4.95. The fourth-order valence-electron chi connectivity index (χ4n) is 2.52. The molecule has 3 N–H and O–H groups in total. The molecule has 1 aromatic rings. The van der Waals surface area contributed by atoms with Crippen LogP contribution in [0.2, 0.25) is 0 Å². The molecule has 0 radical (unpaired) electrons. The van der Waals surface area contributed by atoms with Crippen molar-refractivity contribution in [2.45, 2.75) is 44.8 Å². The Labute approximate surface area is 115 Å². The zero-order valence-electron chi connectivity index (χ0n) is 11.6. The van der Waals surface area contributed by atoms with Crippen molar-refractivity contribution in [2.75, 3.05) is 13.2 Å². The third-order valence-electron chi connectivity index (χ3n) is 3.57. The molecular weight excluding hydrogens is 240 g/mol. The van der Waals surface area contributed by atoms with Crippen molar-refractivity contribution in [3.63, 3.8) is 0 Å². The van der Waals surface area contributed by atoms with E-state index in [0.29, 0.717) is 12.7 Å². The molecule has 2 unspecified atom stereocenters. The first-order chi connectivity index (χ1) is 9.33. The molecule has 1 saturated heterocycles. The molecular formula is C15H24N2O2. The number of hydrazine groups is 1. The van der Waals surface area contributed by atoms with Gasteiger partial charge in [0, 0.05) is 12.6 Å². The van der Waals surface area contributed by atoms with Crippen molar-refractivity contribution < 1.29 is 9.47 Å². The molecule has 0 bridgehead atoms. The molecule has 0 amide bonds. The Hall–Kier alpha value is -1.10. The Balaban J connectivity index is 1.95. The molecule has 1 aliphatic rings. The van der Waals surface area contributed by atoms with E-state index in [1.807, 2.05) is 19.1 Å². The molecule has 4 nitrogen and oxygen atoms in total. The van der Waals surface area contributed by atoms with Gasteiger partial charge in [0.05, 0.1) is 12.7 Å². The summed E-state index contributed by atoms with van der Waals surface area (Å²) in [6, 6.07) is 8.26. The summed E-state index contributed by atoms with van der Waals surface area (Å²) >= 11 is 0. The molecule has 2 rings (SSSR count). The van der Waals surface area contributed by atoms with Gasteiger partial charge in [-0.2, -0.15) is 0 Å². The smallest absolute Gasteiger partial charge is 0.119 e. The lowest BCUT2D eigenvalue weighted by molar-refractivity contribution is 0.00502. The second-order valence-electron chi connectivity index (χ2n) is 4.95. The van der Waals surface area contributed by atoms with E-state index in [1.165, 1.54) is 18.4 Å². The van der Waals surface area contributed by atoms with Crippen LogP contribution in [0.25, 0.3) is 0 Å². The maximum absolute atomic E-state index is 5.77. The van der Waals surface area contributed by atoms with Gasteiger partial charge in [-0.1, -0.05) is 12.1 Å². The monoisotopic (exact) mass is 264 g/mol. The van der Waals surface area contributed by atoms with E-state index in [-0.39, 0.29) is 6.04 Å². The molecule has 1 aromatic carbocycles. The number of nitrogens with two attached hydrogens (primary N) is 1. The normalized spacial score (nSPS) is 21.1. The van der Waals surface area contributed by atoms with Gasteiger partial charge in [0.2, 0.25) is 0 Å². The molecule has 1 fully saturated rings. The van der Waals surface area contributed by atoms with Crippen molar-refractivity contribution in [1.29, 1.82) is 0 Å². The summed E-state index contributed by atoms with van der Waals surface area (Å²) in [6.45, 7) is 3.55. The van der Waals surface area contributed by atoms with Crippen LogP contribution in [0, 0.1) is 0 Å². The van der Waals surface area contributed by atoms with Gasteiger partial charge in [0.1, 0.15) is 5.75 Å². The molecule has 0 aromatic heterocycles. The minimum Gasteiger partial charge on any atom is -0.494 e. The van der Waals surface area contributed by atoms with E-state index in [1.54, 1.807) is 0 Å². The van der Waals surface area contributed by atoms with Crippen LogP contribution in [0.1, 0.15) is 44.2 Å². The van der Waals surface area contributed by atoms with Gasteiger partial charge >= 0.3 is 0 Å². The van der Waals surface area contributed by atoms with E-state index in [0.717, 1.165) is 25.2 Å². The number of benzene rings is 1. The van der Waals surface area contributed by atoms with Crippen molar-refractivity contribution in [1.82, 2.24) is 5.43 Å². The third kappa shape index (κ3) is 4.20. The SMILES string of the molecule is CCOc1ccc(C(CC2CCCCO2)NN)cc1. The van der Waals surface area contributed by atoms with Crippen LogP contribution in [0.15, 0.2) is 24.3 Å². The van der Waals surface area contributed by atoms with Crippen molar-refractivity contribution in [2.24, 2.45) is 5.84 Å². The highest BCUT2D eigenvalue weighted by Crippen LogP contribution is 2.25. The van der Waals surface area contributed by atoms with Crippen LogP contribution in [-0.4, -0.2) is 19.3 Å². The van der Waals surface area contributed by atoms with Gasteiger partial charge in [0.25, 0.3) is 0 Å². The lowest BCUT2D eigenvalue weighted by Crippen LogP contribution is -2.32. The summed E-state index contributed by atoms with van der Waals surface area (Å²) < 4.78 is 11.2. The van der Waals surface area contributed by atoms with E-state index < -0.39 is 0 Å².